The fourth-order valence-corrected chi connectivity index (χ4v) is 1.49. The molecule has 12 heavy (non-hydrogen) atoms. The molecule has 0 saturated carbocycles. The van der Waals surface area contributed by atoms with Gasteiger partial charge in [-0.2, -0.15) is 0 Å². The molecule has 3 heteroatoms. The zero-order chi connectivity index (χ0) is 9.14. The monoisotopic (exact) mass is 182 g/mol. The van der Waals surface area contributed by atoms with Crippen LogP contribution in [0.15, 0.2) is 17.9 Å². The van der Waals surface area contributed by atoms with Crippen LogP contribution in [-0.2, 0) is 0 Å². The lowest BCUT2D eigenvalue weighted by atomic mass is 10.2. The van der Waals surface area contributed by atoms with E-state index in [0.717, 1.165) is 10.9 Å². The number of rotatable bonds is 3. The third-order valence-corrected chi connectivity index (χ3v) is 2.36. The van der Waals surface area contributed by atoms with Crippen molar-refractivity contribution in [1.29, 1.82) is 0 Å². The van der Waals surface area contributed by atoms with Crippen molar-refractivity contribution in [1.82, 2.24) is 9.55 Å². The molecule has 0 atom stereocenters. The number of aromatic nitrogens is 2. The van der Waals surface area contributed by atoms with Crippen LogP contribution in [0, 0.1) is 0 Å². The highest BCUT2D eigenvalue weighted by Crippen LogP contribution is 2.19. The number of hydrogen-bond acceptors (Lipinski definition) is 2. The summed E-state index contributed by atoms with van der Waals surface area (Å²) >= 11 is 1.64. The predicted octanol–water partition coefficient (Wildman–Crippen LogP) is 2.83. The van der Waals surface area contributed by atoms with E-state index in [0.29, 0.717) is 5.92 Å². The molecule has 0 N–H and O–H groups in total. The van der Waals surface area contributed by atoms with Gasteiger partial charge in [-0.3, -0.25) is 0 Å². The number of hydrogen-bond donors (Lipinski definition) is 0. The second-order valence-corrected chi connectivity index (χ2v) is 3.67. The number of thioether (sulfide) groups is 1. The lowest BCUT2D eigenvalue weighted by molar-refractivity contribution is 0.820. The van der Waals surface area contributed by atoms with Gasteiger partial charge in [-0.1, -0.05) is 32.2 Å². The van der Waals surface area contributed by atoms with Gasteiger partial charge in [-0.25, -0.2) is 4.98 Å². The lowest BCUT2D eigenvalue weighted by Crippen LogP contribution is -1.85. The second kappa shape index (κ2) is 3.81. The largest absolute Gasteiger partial charge is 0.302 e. The summed E-state index contributed by atoms with van der Waals surface area (Å²) in [7, 11) is 0. The van der Waals surface area contributed by atoms with E-state index in [1.807, 2.05) is 17.0 Å². The lowest BCUT2D eigenvalue weighted by Gasteiger charge is -1.95. The van der Waals surface area contributed by atoms with E-state index in [4.69, 9.17) is 0 Å². The van der Waals surface area contributed by atoms with E-state index in [9.17, 15) is 0 Å². The highest BCUT2D eigenvalue weighted by Gasteiger charge is 2.07. The van der Waals surface area contributed by atoms with E-state index in [1.165, 1.54) is 0 Å². The molecule has 0 fully saturated rings. The van der Waals surface area contributed by atoms with Crippen LogP contribution in [0.1, 0.15) is 25.5 Å². The molecule has 1 aromatic rings. The molecular formula is C9H14N2S. The molecule has 0 aromatic carbocycles. The molecule has 0 aliphatic rings. The summed E-state index contributed by atoms with van der Waals surface area (Å²) in [5.41, 5.74) is 1.12. The van der Waals surface area contributed by atoms with Crippen molar-refractivity contribution >= 4 is 18.0 Å². The summed E-state index contributed by atoms with van der Waals surface area (Å²) in [5, 5.41) is 1.01. The summed E-state index contributed by atoms with van der Waals surface area (Å²) in [6.07, 6.45) is 5.83. The van der Waals surface area contributed by atoms with Crippen LogP contribution in [0.25, 0.3) is 6.20 Å². The average molecular weight is 182 g/mol. The molecule has 1 aromatic heterocycles. The third kappa shape index (κ3) is 1.72. The molecule has 66 valence electrons. The minimum Gasteiger partial charge on any atom is -0.302 e. The van der Waals surface area contributed by atoms with E-state index in [2.05, 4.69) is 25.4 Å². The maximum atomic E-state index is 4.45. The Morgan fingerprint density at radius 2 is 2.33 bits per heavy atom. The first-order valence-electron chi connectivity index (χ1n) is 3.94. The van der Waals surface area contributed by atoms with Gasteiger partial charge in [-0.05, 0) is 12.2 Å². The molecule has 0 aliphatic heterocycles. The van der Waals surface area contributed by atoms with Crippen molar-refractivity contribution < 1.29 is 0 Å². The van der Waals surface area contributed by atoms with Gasteiger partial charge in [0.25, 0.3) is 0 Å². The Hall–Kier alpha value is -0.700. The van der Waals surface area contributed by atoms with Crippen LogP contribution in [0.3, 0.4) is 0 Å². The van der Waals surface area contributed by atoms with Crippen molar-refractivity contribution in [2.45, 2.75) is 24.9 Å². The summed E-state index contributed by atoms with van der Waals surface area (Å²) in [6.45, 7) is 8.00. The Labute approximate surface area is 77.7 Å². The topological polar surface area (TPSA) is 17.8 Å². The summed E-state index contributed by atoms with van der Waals surface area (Å²) in [4.78, 5) is 4.45. The molecule has 0 radical (unpaired) electrons. The van der Waals surface area contributed by atoms with Crippen LogP contribution < -0.4 is 0 Å². The van der Waals surface area contributed by atoms with Crippen molar-refractivity contribution in [2.24, 2.45) is 0 Å². The predicted molar refractivity (Wildman–Crippen MR) is 54.5 cm³/mol. The minimum atomic E-state index is 0.483. The molecule has 0 unspecified atom stereocenters. The molecular weight excluding hydrogens is 168 g/mol. The van der Waals surface area contributed by atoms with Crippen LogP contribution >= 0.6 is 11.8 Å². The third-order valence-electron chi connectivity index (χ3n) is 1.69. The molecule has 1 heterocycles. The zero-order valence-electron chi connectivity index (χ0n) is 7.74. The Morgan fingerprint density at radius 1 is 1.67 bits per heavy atom. The average Bonchev–Trinajstić information content (AvgIpc) is 2.46. The number of nitrogens with zero attached hydrogens (tertiary/aromatic N) is 2. The van der Waals surface area contributed by atoms with Gasteiger partial charge in [0.1, 0.15) is 0 Å². The maximum absolute atomic E-state index is 4.45. The first-order valence-corrected chi connectivity index (χ1v) is 5.16. The SMILES string of the molecule is C=Cn1cc(C(C)C)nc1SC. The molecule has 0 aliphatic carbocycles. The molecule has 0 amide bonds. The highest BCUT2D eigenvalue weighted by atomic mass is 32.2. The van der Waals surface area contributed by atoms with E-state index in [1.54, 1.807) is 18.0 Å². The van der Waals surface area contributed by atoms with Crippen molar-refractivity contribution in [3.05, 3.63) is 18.5 Å². The Morgan fingerprint density at radius 3 is 2.67 bits per heavy atom. The quantitative estimate of drug-likeness (QED) is 0.669. The number of imidazole rings is 1. The van der Waals surface area contributed by atoms with Gasteiger partial charge in [0.15, 0.2) is 5.16 Å². The van der Waals surface area contributed by atoms with Gasteiger partial charge in [0.05, 0.1) is 5.69 Å². The van der Waals surface area contributed by atoms with Crippen LogP contribution in [0.5, 0.6) is 0 Å². The maximum Gasteiger partial charge on any atom is 0.172 e. The summed E-state index contributed by atoms with van der Waals surface area (Å²) in [5.74, 6) is 0.483. The molecule has 2 nitrogen and oxygen atoms in total. The first kappa shape index (κ1) is 9.39. The molecule has 0 saturated heterocycles. The standard InChI is InChI=1S/C9H14N2S/c1-5-11-6-8(7(2)3)10-9(11)12-4/h5-7H,1H2,2-4H3. The Kier molecular flexibility index (Phi) is 2.98. The minimum absolute atomic E-state index is 0.483. The fraction of sp³-hybridized carbons (Fsp3) is 0.444. The normalized spacial score (nSPS) is 10.7. The van der Waals surface area contributed by atoms with E-state index >= 15 is 0 Å². The van der Waals surface area contributed by atoms with Gasteiger partial charge < -0.3 is 4.57 Å². The Balaban J connectivity index is 3.05. The summed E-state index contributed by atoms with van der Waals surface area (Å²) < 4.78 is 1.96. The van der Waals surface area contributed by atoms with Gasteiger partial charge in [0, 0.05) is 12.4 Å². The zero-order valence-corrected chi connectivity index (χ0v) is 8.56. The van der Waals surface area contributed by atoms with Crippen LogP contribution in [-0.4, -0.2) is 15.8 Å². The Bertz CT molecular complexity index is 276. The van der Waals surface area contributed by atoms with Crippen molar-refractivity contribution in [3.63, 3.8) is 0 Å². The fourth-order valence-electron chi connectivity index (χ4n) is 0.955. The molecule has 0 bridgehead atoms. The smallest absolute Gasteiger partial charge is 0.172 e. The van der Waals surface area contributed by atoms with E-state index < -0.39 is 0 Å². The molecule has 0 spiro atoms. The second-order valence-electron chi connectivity index (χ2n) is 2.90. The van der Waals surface area contributed by atoms with Crippen molar-refractivity contribution in [3.8, 4) is 0 Å². The molecule has 1 rings (SSSR count). The van der Waals surface area contributed by atoms with E-state index in [-0.39, 0.29) is 0 Å². The van der Waals surface area contributed by atoms with Gasteiger partial charge >= 0.3 is 0 Å². The van der Waals surface area contributed by atoms with Crippen LogP contribution in [0.4, 0.5) is 0 Å². The van der Waals surface area contributed by atoms with Gasteiger partial charge in [0.2, 0.25) is 0 Å². The first-order chi connectivity index (χ1) is 5.69. The van der Waals surface area contributed by atoms with Gasteiger partial charge in [-0.15, -0.1) is 0 Å². The summed E-state index contributed by atoms with van der Waals surface area (Å²) in [6, 6.07) is 0. The van der Waals surface area contributed by atoms with Crippen LogP contribution in [0.2, 0.25) is 0 Å². The highest BCUT2D eigenvalue weighted by molar-refractivity contribution is 7.98. The van der Waals surface area contributed by atoms with Crippen molar-refractivity contribution in [2.75, 3.05) is 6.26 Å².